The number of amides is 1. The number of aromatic nitrogens is 1. The molecule has 2 N–H and O–H groups in total. The first-order valence-corrected chi connectivity index (χ1v) is 5.59. The van der Waals surface area contributed by atoms with Crippen molar-refractivity contribution in [3.8, 4) is 0 Å². The molecule has 1 aromatic rings. The summed E-state index contributed by atoms with van der Waals surface area (Å²) in [6.45, 7) is 5.95. The minimum Gasteiger partial charge on any atom is -0.337 e. The number of nitrogens with two attached hydrogens (primary N) is 1. The molecule has 16 heavy (non-hydrogen) atoms. The highest BCUT2D eigenvalue weighted by Gasteiger charge is 2.16. The third-order valence-electron chi connectivity index (χ3n) is 2.49. The zero-order chi connectivity index (χ0) is 12.0. The molecule has 1 heterocycles. The molecule has 0 aliphatic heterocycles. The van der Waals surface area contributed by atoms with Crippen LogP contribution in [-0.2, 0) is 0 Å². The van der Waals surface area contributed by atoms with E-state index in [0.29, 0.717) is 31.2 Å². The Morgan fingerprint density at radius 3 is 2.81 bits per heavy atom. The van der Waals surface area contributed by atoms with Crippen LogP contribution in [0.25, 0.3) is 0 Å². The fraction of sp³-hybridized carbons (Fsp3) is 0.500. The van der Waals surface area contributed by atoms with Gasteiger partial charge in [-0.2, -0.15) is 0 Å². The van der Waals surface area contributed by atoms with E-state index in [9.17, 15) is 4.79 Å². The second-order valence-corrected chi connectivity index (χ2v) is 3.90. The van der Waals surface area contributed by atoms with Gasteiger partial charge in [0.1, 0.15) is 5.69 Å². The summed E-state index contributed by atoms with van der Waals surface area (Å²) in [7, 11) is 0. The zero-order valence-corrected chi connectivity index (χ0v) is 9.89. The number of nitrogens with zero attached hydrogens (tertiary/aromatic N) is 2. The predicted molar refractivity (Wildman–Crippen MR) is 64.0 cm³/mol. The van der Waals surface area contributed by atoms with Crippen LogP contribution in [0.2, 0.25) is 0 Å². The van der Waals surface area contributed by atoms with E-state index in [0.717, 1.165) is 0 Å². The van der Waals surface area contributed by atoms with E-state index in [4.69, 9.17) is 5.73 Å². The van der Waals surface area contributed by atoms with Crippen LogP contribution < -0.4 is 5.73 Å². The van der Waals surface area contributed by atoms with Gasteiger partial charge in [-0.05, 0) is 31.5 Å². The maximum atomic E-state index is 12.0. The lowest BCUT2D eigenvalue weighted by Crippen LogP contribution is -2.36. The summed E-state index contributed by atoms with van der Waals surface area (Å²) in [6, 6.07) is 5.36. The molecule has 0 fully saturated rings. The summed E-state index contributed by atoms with van der Waals surface area (Å²) in [5.41, 5.74) is 6.05. The normalized spacial score (nSPS) is 12.2. The van der Waals surface area contributed by atoms with Crippen molar-refractivity contribution < 1.29 is 4.79 Å². The number of pyridine rings is 1. The lowest BCUT2D eigenvalue weighted by atomic mass is 10.1. The maximum absolute atomic E-state index is 12.0. The summed E-state index contributed by atoms with van der Waals surface area (Å²) in [4.78, 5) is 17.9. The highest BCUT2D eigenvalue weighted by molar-refractivity contribution is 5.92. The Bertz CT molecular complexity index is 326. The molecule has 0 saturated carbocycles. The molecule has 1 aromatic heterocycles. The van der Waals surface area contributed by atoms with E-state index in [1.807, 2.05) is 19.9 Å². The second-order valence-electron chi connectivity index (χ2n) is 3.90. The van der Waals surface area contributed by atoms with E-state index < -0.39 is 0 Å². The van der Waals surface area contributed by atoms with Crippen molar-refractivity contribution in [2.45, 2.75) is 13.8 Å². The van der Waals surface area contributed by atoms with Crippen LogP contribution in [0.1, 0.15) is 24.3 Å². The van der Waals surface area contributed by atoms with E-state index in [1.54, 1.807) is 23.2 Å². The smallest absolute Gasteiger partial charge is 0.272 e. The van der Waals surface area contributed by atoms with Gasteiger partial charge in [0.05, 0.1) is 0 Å². The Balaban J connectivity index is 2.70. The molecule has 1 atom stereocenters. The van der Waals surface area contributed by atoms with Crippen LogP contribution in [0.5, 0.6) is 0 Å². The van der Waals surface area contributed by atoms with Gasteiger partial charge in [0.2, 0.25) is 0 Å². The molecule has 0 saturated heterocycles. The van der Waals surface area contributed by atoms with Gasteiger partial charge in [-0.3, -0.25) is 9.78 Å². The van der Waals surface area contributed by atoms with E-state index >= 15 is 0 Å². The van der Waals surface area contributed by atoms with Gasteiger partial charge in [0.25, 0.3) is 5.91 Å². The van der Waals surface area contributed by atoms with Gasteiger partial charge in [-0.1, -0.05) is 13.0 Å². The Labute approximate surface area is 96.5 Å². The van der Waals surface area contributed by atoms with Gasteiger partial charge in [0.15, 0.2) is 0 Å². The average Bonchev–Trinajstić information content (AvgIpc) is 2.35. The highest BCUT2D eigenvalue weighted by atomic mass is 16.2. The van der Waals surface area contributed by atoms with Gasteiger partial charge in [-0.25, -0.2) is 0 Å². The SMILES string of the molecule is CCN(CC(C)CN)C(=O)c1ccccn1. The third kappa shape index (κ3) is 3.31. The standard InChI is InChI=1S/C12H19N3O/c1-3-15(9-10(2)8-13)12(16)11-6-4-5-7-14-11/h4-7,10H,3,8-9,13H2,1-2H3. The minimum absolute atomic E-state index is 0.0246. The van der Waals surface area contributed by atoms with Crippen LogP contribution in [-0.4, -0.2) is 35.4 Å². The molecular weight excluding hydrogens is 202 g/mol. The lowest BCUT2D eigenvalue weighted by molar-refractivity contribution is 0.0738. The van der Waals surface area contributed by atoms with Gasteiger partial charge in [-0.15, -0.1) is 0 Å². The van der Waals surface area contributed by atoms with E-state index in [1.165, 1.54) is 0 Å². The predicted octanol–water partition coefficient (Wildman–Crippen LogP) is 1.14. The van der Waals surface area contributed by atoms with Crippen molar-refractivity contribution in [2.24, 2.45) is 11.7 Å². The van der Waals surface area contributed by atoms with Gasteiger partial charge >= 0.3 is 0 Å². The molecule has 4 heteroatoms. The number of carbonyl (C=O) groups excluding carboxylic acids is 1. The van der Waals surface area contributed by atoms with Crippen molar-refractivity contribution in [1.82, 2.24) is 9.88 Å². The lowest BCUT2D eigenvalue weighted by Gasteiger charge is -2.23. The number of carbonyl (C=O) groups is 1. The Morgan fingerprint density at radius 1 is 1.56 bits per heavy atom. The Kier molecular flexibility index (Phi) is 4.92. The van der Waals surface area contributed by atoms with Crippen LogP contribution in [0.4, 0.5) is 0 Å². The molecular formula is C12H19N3O. The maximum Gasteiger partial charge on any atom is 0.272 e. The van der Waals surface area contributed by atoms with Crippen LogP contribution in [0.3, 0.4) is 0 Å². The summed E-state index contributed by atoms with van der Waals surface area (Å²) in [5.74, 6) is 0.288. The first-order valence-electron chi connectivity index (χ1n) is 5.59. The molecule has 0 aliphatic carbocycles. The summed E-state index contributed by atoms with van der Waals surface area (Å²) in [5, 5.41) is 0. The quantitative estimate of drug-likeness (QED) is 0.811. The average molecular weight is 221 g/mol. The van der Waals surface area contributed by atoms with Crippen molar-refractivity contribution in [1.29, 1.82) is 0 Å². The van der Waals surface area contributed by atoms with E-state index in [-0.39, 0.29) is 5.91 Å². The van der Waals surface area contributed by atoms with E-state index in [2.05, 4.69) is 4.98 Å². The molecule has 0 spiro atoms. The van der Waals surface area contributed by atoms with Crippen molar-refractivity contribution in [2.75, 3.05) is 19.6 Å². The third-order valence-corrected chi connectivity index (χ3v) is 2.49. The first kappa shape index (κ1) is 12.6. The molecule has 1 amide bonds. The topological polar surface area (TPSA) is 59.2 Å². The largest absolute Gasteiger partial charge is 0.337 e. The Morgan fingerprint density at radius 2 is 2.31 bits per heavy atom. The monoisotopic (exact) mass is 221 g/mol. The molecule has 0 radical (unpaired) electrons. The summed E-state index contributed by atoms with van der Waals surface area (Å²) >= 11 is 0. The summed E-state index contributed by atoms with van der Waals surface area (Å²) < 4.78 is 0. The van der Waals surface area contributed by atoms with Crippen LogP contribution in [0.15, 0.2) is 24.4 Å². The molecule has 4 nitrogen and oxygen atoms in total. The molecule has 0 aliphatic rings. The highest BCUT2D eigenvalue weighted by Crippen LogP contribution is 2.04. The molecule has 1 rings (SSSR count). The number of hydrogen-bond donors (Lipinski definition) is 1. The Hall–Kier alpha value is -1.42. The van der Waals surface area contributed by atoms with Crippen molar-refractivity contribution >= 4 is 5.91 Å². The van der Waals surface area contributed by atoms with Crippen LogP contribution in [0, 0.1) is 5.92 Å². The molecule has 1 unspecified atom stereocenters. The summed E-state index contributed by atoms with van der Waals surface area (Å²) in [6.07, 6.45) is 1.63. The number of hydrogen-bond acceptors (Lipinski definition) is 3. The zero-order valence-electron chi connectivity index (χ0n) is 9.89. The van der Waals surface area contributed by atoms with Crippen molar-refractivity contribution in [3.63, 3.8) is 0 Å². The fourth-order valence-electron chi connectivity index (χ4n) is 1.46. The number of rotatable bonds is 5. The molecule has 0 bridgehead atoms. The van der Waals surface area contributed by atoms with Gasteiger partial charge < -0.3 is 10.6 Å². The first-order chi connectivity index (χ1) is 7.69. The van der Waals surface area contributed by atoms with Crippen molar-refractivity contribution in [3.05, 3.63) is 30.1 Å². The molecule has 0 aromatic carbocycles. The second kappa shape index (κ2) is 6.23. The minimum atomic E-state index is -0.0246. The molecule has 88 valence electrons. The van der Waals surface area contributed by atoms with Crippen LogP contribution >= 0.6 is 0 Å². The van der Waals surface area contributed by atoms with Gasteiger partial charge in [0, 0.05) is 19.3 Å². The fourth-order valence-corrected chi connectivity index (χ4v) is 1.46.